The first-order valence-electron chi connectivity index (χ1n) is 3.26. The van der Waals surface area contributed by atoms with E-state index < -0.39 is 0 Å². The standard InChI is InChI=1S/C9H14/c1-4-6-8-9(3)7-5-2/h5-6,9H,1-2,7-8H2,3H3. The number of hydrogen-bond acceptors (Lipinski definition) is 0. The van der Waals surface area contributed by atoms with Crippen LogP contribution in [0.2, 0.25) is 0 Å². The van der Waals surface area contributed by atoms with E-state index in [2.05, 4.69) is 25.8 Å². The average molecular weight is 122 g/mol. The molecular weight excluding hydrogens is 108 g/mol. The zero-order valence-electron chi connectivity index (χ0n) is 6.06. The maximum atomic E-state index is 3.66. The molecule has 0 saturated heterocycles. The summed E-state index contributed by atoms with van der Waals surface area (Å²) in [6.45, 7) is 9.34. The Labute approximate surface area is 57.6 Å². The van der Waals surface area contributed by atoms with Crippen LogP contribution in [-0.4, -0.2) is 0 Å². The van der Waals surface area contributed by atoms with E-state index in [1.807, 2.05) is 12.2 Å². The molecule has 0 bridgehead atoms. The summed E-state index contributed by atoms with van der Waals surface area (Å²) < 4.78 is 0. The highest BCUT2D eigenvalue weighted by atomic mass is 14.0. The van der Waals surface area contributed by atoms with Crippen LogP contribution in [0.4, 0.5) is 0 Å². The quantitative estimate of drug-likeness (QED) is 0.397. The minimum Gasteiger partial charge on any atom is -0.133 e. The van der Waals surface area contributed by atoms with Gasteiger partial charge in [-0.15, -0.1) is 12.3 Å². The van der Waals surface area contributed by atoms with E-state index in [1.54, 1.807) is 0 Å². The fraction of sp³-hybridized carbons (Fsp3) is 0.444. The minimum absolute atomic E-state index is 0.691. The molecule has 0 saturated carbocycles. The van der Waals surface area contributed by atoms with E-state index >= 15 is 0 Å². The van der Waals surface area contributed by atoms with E-state index in [4.69, 9.17) is 0 Å². The molecule has 9 heavy (non-hydrogen) atoms. The second-order valence-electron chi connectivity index (χ2n) is 2.27. The van der Waals surface area contributed by atoms with E-state index in [0.717, 1.165) is 12.8 Å². The van der Waals surface area contributed by atoms with Crippen molar-refractivity contribution in [3.63, 3.8) is 0 Å². The predicted molar refractivity (Wildman–Crippen MR) is 42.3 cm³/mol. The summed E-state index contributed by atoms with van der Waals surface area (Å²) in [6.07, 6.45) is 6.06. The van der Waals surface area contributed by atoms with Gasteiger partial charge in [-0.2, -0.15) is 0 Å². The van der Waals surface area contributed by atoms with Crippen LogP contribution in [-0.2, 0) is 0 Å². The highest BCUT2D eigenvalue weighted by Gasteiger charge is 1.93. The Hall–Kier alpha value is -0.740. The van der Waals surface area contributed by atoms with Gasteiger partial charge in [0.25, 0.3) is 0 Å². The molecule has 0 N–H and O–H groups in total. The number of hydrogen-bond donors (Lipinski definition) is 0. The topological polar surface area (TPSA) is 0 Å². The maximum absolute atomic E-state index is 3.66. The van der Waals surface area contributed by atoms with Crippen LogP contribution in [0.25, 0.3) is 0 Å². The van der Waals surface area contributed by atoms with Crippen molar-refractivity contribution >= 4 is 0 Å². The van der Waals surface area contributed by atoms with Gasteiger partial charge in [-0.05, 0) is 24.8 Å². The molecule has 0 heterocycles. The largest absolute Gasteiger partial charge is 0.133 e. The lowest BCUT2D eigenvalue weighted by Crippen LogP contribution is -1.87. The molecule has 0 radical (unpaired) electrons. The summed E-state index contributed by atoms with van der Waals surface area (Å²) >= 11 is 0. The molecule has 0 amide bonds. The third-order valence-corrected chi connectivity index (χ3v) is 1.23. The Kier molecular flexibility index (Phi) is 4.95. The van der Waals surface area contributed by atoms with Gasteiger partial charge in [-0.25, -0.2) is 0 Å². The van der Waals surface area contributed by atoms with E-state index in [-0.39, 0.29) is 0 Å². The smallest absolute Gasteiger partial charge is 0.0246 e. The predicted octanol–water partition coefficient (Wildman–Crippen LogP) is 2.93. The fourth-order valence-electron chi connectivity index (χ4n) is 0.665. The van der Waals surface area contributed by atoms with Crippen LogP contribution in [0.5, 0.6) is 0 Å². The molecule has 0 aromatic carbocycles. The van der Waals surface area contributed by atoms with Crippen molar-refractivity contribution in [2.75, 3.05) is 0 Å². The molecule has 50 valence electrons. The monoisotopic (exact) mass is 122 g/mol. The van der Waals surface area contributed by atoms with Gasteiger partial charge in [0.05, 0.1) is 0 Å². The molecule has 0 aliphatic heterocycles. The lowest BCUT2D eigenvalue weighted by atomic mass is 10.0. The lowest BCUT2D eigenvalue weighted by Gasteiger charge is -2.01. The lowest BCUT2D eigenvalue weighted by molar-refractivity contribution is 0.604. The third-order valence-electron chi connectivity index (χ3n) is 1.23. The summed E-state index contributed by atoms with van der Waals surface area (Å²) in [5.74, 6) is 0.691. The fourth-order valence-corrected chi connectivity index (χ4v) is 0.665. The van der Waals surface area contributed by atoms with Gasteiger partial charge in [-0.1, -0.05) is 19.6 Å². The molecular formula is C9H14. The summed E-state index contributed by atoms with van der Waals surface area (Å²) in [5, 5.41) is 0. The molecule has 0 nitrogen and oxygen atoms in total. The van der Waals surface area contributed by atoms with Gasteiger partial charge >= 0.3 is 0 Å². The maximum Gasteiger partial charge on any atom is -0.0246 e. The van der Waals surface area contributed by atoms with Crippen LogP contribution in [0.1, 0.15) is 19.8 Å². The average Bonchev–Trinajstić information content (AvgIpc) is 1.85. The van der Waals surface area contributed by atoms with Gasteiger partial charge < -0.3 is 0 Å². The van der Waals surface area contributed by atoms with Crippen molar-refractivity contribution in [1.82, 2.24) is 0 Å². The van der Waals surface area contributed by atoms with Crippen molar-refractivity contribution < 1.29 is 0 Å². The van der Waals surface area contributed by atoms with E-state index in [9.17, 15) is 0 Å². The van der Waals surface area contributed by atoms with Gasteiger partial charge in [0, 0.05) is 0 Å². The Balaban J connectivity index is 3.36. The van der Waals surface area contributed by atoms with E-state index in [1.165, 1.54) is 0 Å². The zero-order valence-corrected chi connectivity index (χ0v) is 6.06. The molecule has 0 aliphatic rings. The second-order valence-corrected chi connectivity index (χ2v) is 2.27. The molecule has 0 aromatic heterocycles. The van der Waals surface area contributed by atoms with Crippen LogP contribution in [0.3, 0.4) is 0 Å². The number of allylic oxidation sites excluding steroid dienone is 2. The normalized spacial score (nSPS) is 11.7. The van der Waals surface area contributed by atoms with Crippen LogP contribution < -0.4 is 0 Å². The Morgan fingerprint density at radius 2 is 2.22 bits per heavy atom. The molecule has 0 rings (SSSR count). The van der Waals surface area contributed by atoms with Crippen molar-refractivity contribution in [2.45, 2.75) is 19.8 Å². The molecule has 0 aromatic rings. The first-order chi connectivity index (χ1) is 4.31. The molecule has 0 fully saturated rings. The summed E-state index contributed by atoms with van der Waals surface area (Å²) in [5.41, 5.74) is 2.75. The van der Waals surface area contributed by atoms with Gasteiger partial charge in [0.1, 0.15) is 0 Å². The van der Waals surface area contributed by atoms with E-state index in [0.29, 0.717) is 5.92 Å². The Bertz CT molecular complexity index is 116. The van der Waals surface area contributed by atoms with Gasteiger partial charge in [-0.3, -0.25) is 0 Å². The van der Waals surface area contributed by atoms with Crippen molar-refractivity contribution in [3.8, 4) is 0 Å². The summed E-state index contributed by atoms with van der Waals surface area (Å²) in [7, 11) is 0. The highest BCUT2D eigenvalue weighted by molar-refractivity contribution is 4.80. The second kappa shape index (κ2) is 5.40. The Morgan fingerprint density at radius 1 is 1.56 bits per heavy atom. The minimum atomic E-state index is 0.691. The first kappa shape index (κ1) is 8.26. The summed E-state index contributed by atoms with van der Waals surface area (Å²) in [4.78, 5) is 0. The van der Waals surface area contributed by atoms with Crippen LogP contribution in [0, 0.1) is 5.92 Å². The van der Waals surface area contributed by atoms with Crippen molar-refractivity contribution in [2.24, 2.45) is 5.92 Å². The van der Waals surface area contributed by atoms with Crippen molar-refractivity contribution in [3.05, 3.63) is 31.0 Å². The van der Waals surface area contributed by atoms with Gasteiger partial charge in [0.2, 0.25) is 0 Å². The molecule has 0 aliphatic carbocycles. The van der Waals surface area contributed by atoms with Crippen molar-refractivity contribution in [1.29, 1.82) is 0 Å². The molecule has 1 unspecified atom stereocenters. The van der Waals surface area contributed by atoms with Crippen LogP contribution >= 0.6 is 0 Å². The zero-order chi connectivity index (χ0) is 7.11. The molecule has 0 spiro atoms. The Morgan fingerprint density at radius 3 is 2.67 bits per heavy atom. The van der Waals surface area contributed by atoms with Crippen LogP contribution in [0.15, 0.2) is 31.0 Å². The summed E-state index contributed by atoms with van der Waals surface area (Å²) in [6, 6.07) is 0. The highest BCUT2D eigenvalue weighted by Crippen LogP contribution is 2.06. The molecule has 1 atom stereocenters. The molecule has 0 heteroatoms. The number of rotatable bonds is 4. The first-order valence-corrected chi connectivity index (χ1v) is 3.26. The van der Waals surface area contributed by atoms with Gasteiger partial charge in [0.15, 0.2) is 0 Å². The SMILES string of the molecule is C=C=CCC(C)CC=C. The third kappa shape index (κ3) is 5.13.